The van der Waals surface area contributed by atoms with E-state index in [0.29, 0.717) is 15.7 Å². The zero-order chi connectivity index (χ0) is 18.6. The predicted molar refractivity (Wildman–Crippen MR) is 92.9 cm³/mol. The van der Waals surface area contributed by atoms with Crippen molar-refractivity contribution in [3.8, 4) is 0 Å². The number of esters is 1. The number of non-ortho nitro benzene ring substituents is 1. The molecule has 0 saturated heterocycles. The molecule has 0 saturated carbocycles. The van der Waals surface area contributed by atoms with Crippen LogP contribution in [0.4, 0.5) is 17.1 Å². The molecule has 0 aliphatic heterocycles. The Labute approximate surface area is 151 Å². The first-order valence-corrected chi connectivity index (χ1v) is 7.49. The molecule has 0 bridgehead atoms. The van der Waals surface area contributed by atoms with Crippen LogP contribution in [0.1, 0.15) is 10.4 Å². The Bertz CT molecular complexity index is 837. The molecule has 0 radical (unpaired) electrons. The van der Waals surface area contributed by atoms with E-state index >= 15 is 0 Å². The number of nitro benzene ring substituents is 1. The van der Waals surface area contributed by atoms with Gasteiger partial charge in [-0.1, -0.05) is 23.2 Å². The van der Waals surface area contributed by atoms with Crippen molar-refractivity contribution in [3.63, 3.8) is 0 Å². The molecule has 2 aromatic carbocycles. The molecule has 2 aromatic rings. The first kappa shape index (κ1) is 18.5. The van der Waals surface area contributed by atoms with Crippen molar-refractivity contribution in [3.05, 3.63) is 62.1 Å². The van der Waals surface area contributed by atoms with Crippen LogP contribution in [-0.2, 0) is 9.53 Å². The summed E-state index contributed by atoms with van der Waals surface area (Å²) >= 11 is 11.6. The summed E-state index contributed by atoms with van der Waals surface area (Å²) in [5.74, 6) is -1.50. The van der Waals surface area contributed by atoms with E-state index in [0.717, 1.165) is 18.2 Å². The molecule has 10 heteroatoms. The van der Waals surface area contributed by atoms with Crippen LogP contribution in [0.2, 0.25) is 10.0 Å². The molecule has 1 amide bonds. The lowest BCUT2D eigenvalue weighted by molar-refractivity contribution is -0.384. The van der Waals surface area contributed by atoms with Crippen molar-refractivity contribution in [1.82, 2.24) is 0 Å². The summed E-state index contributed by atoms with van der Waals surface area (Å²) in [6, 6.07) is 7.75. The molecule has 3 N–H and O–H groups in total. The Balaban J connectivity index is 1.97. The highest BCUT2D eigenvalue weighted by Crippen LogP contribution is 2.23. The summed E-state index contributed by atoms with van der Waals surface area (Å²) in [6.07, 6.45) is 0. The van der Waals surface area contributed by atoms with Gasteiger partial charge in [0.1, 0.15) is 0 Å². The van der Waals surface area contributed by atoms with Crippen LogP contribution in [0.25, 0.3) is 0 Å². The van der Waals surface area contributed by atoms with Crippen molar-refractivity contribution >= 4 is 52.1 Å². The van der Waals surface area contributed by atoms with Crippen molar-refractivity contribution in [1.29, 1.82) is 0 Å². The van der Waals surface area contributed by atoms with Crippen molar-refractivity contribution in [2.24, 2.45) is 0 Å². The zero-order valence-corrected chi connectivity index (χ0v) is 14.0. The predicted octanol–water partition coefficient (Wildman–Crippen LogP) is 3.28. The number of nitrogen functional groups attached to an aromatic ring is 1. The molecule has 0 fully saturated rings. The number of ether oxygens (including phenoxy) is 1. The number of nitrogens with two attached hydrogens (primary N) is 1. The largest absolute Gasteiger partial charge is 0.452 e. The molecule has 0 aromatic heterocycles. The fourth-order valence-corrected chi connectivity index (χ4v) is 2.41. The lowest BCUT2D eigenvalue weighted by Crippen LogP contribution is -2.21. The van der Waals surface area contributed by atoms with E-state index in [2.05, 4.69) is 5.32 Å². The van der Waals surface area contributed by atoms with Crippen LogP contribution in [0.3, 0.4) is 0 Å². The second-order valence-corrected chi connectivity index (χ2v) is 5.68. The van der Waals surface area contributed by atoms with Gasteiger partial charge in [-0.2, -0.15) is 0 Å². The average Bonchev–Trinajstić information content (AvgIpc) is 2.51. The Morgan fingerprint density at radius 2 is 1.80 bits per heavy atom. The number of rotatable bonds is 5. The highest BCUT2D eigenvalue weighted by molar-refractivity contribution is 6.35. The number of carbonyl (C=O) groups is 2. The number of nitrogens with zero attached hydrogens (tertiary/aromatic N) is 1. The van der Waals surface area contributed by atoms with Crippen molar-refractivity contribution in [2.75, 3.05) is 17.7 Å². The molecule has 0 aliphatic carbocycles. The van der Waals surface area contributed by atoms with Gasteiger partial charge in [-0.3, -0.25) is 14.9 Å². The van der Waals surface area contributed by atoms with Crippen LogP contribution in [-0.4, -0.2) is 23.4 Å². The first-order valence-electron chi connectivity index (χ1n) is 6.73. The number of carbonyl (C=O) groups excluding carboxylic acids is 2. The molecule has 2 rings (SSSR count). The summed E-state index contributed by atoms with van der Waals surface area (Å²) in [7, 11) is 0. The number of benzene rings is 2. The lowest BCUT2D eigenvalue weighted by Gasteiger charge is -2.08. The Morgan fingerprint density at radius 3 is 2.36 bits per heavy atom. The smallest absolute Gasteiger partial charge is 0.340 e. The van der Waals surface area contributed by atoms with Gasteiger partial charge in [0.2, 0.25) is 0 Å². The number of nitrogens with one attached hydrogen (secondary N) is 1. The molecule has 0 aliphatic rings. The van der Waals surface area contributed by atoms with Gasteiger partial charge in [-0.05, 0) is 24.3 Å². The van der Waals surface area contributed by atoms with Gasteiger partial charge < -0.3 is 15.8 Å². The maximum absolute atomic E-state index is 11.9. The second kappa shape index (κ2) is 7.82. The number of amides is 1. The van der Waals surface area contributed by atoms with Crippen LogP contribution >= 0.6 is 23.2 Å². The monoisotopic (exact) mass is 383 g/mol. The quantitative estimate of drug-likeness (QED) is 0.353. The minimum absolute atomic E-state index is 0.0794. The molecule has 25 heavy (non-hydrogen) atoms. The maximum atomic E-state index is 11.9. The summed E-state index contributed by atoms with van der Waals surface area (Å²) in [6.45, 7) is -0.584. The molecule has 0 atom stereocenters. The average molecular weight is 384 g/mol. The van der Waals surface area contributed by atoms with E-state index in [1.54, 1.807) is 0 Å². The van der Waals surface area contributed by atoms with E-state index in [-0.39, 0.29) is 16.9 Å². The van der Waals surface area contributed by atoms with Crippen molar-refractivity contribution < 1.29 is 19.2 Å². The van der Waals surface area contributed by atoms with Crippen molar-refractivity contribution in [2.45, 2.75) is 0 Å². The SMILES string of the molecule is Nc1cc([N+](=O)[O-])ccc1C(=O)OCC(=O)Nc1cc(Cl)cc(Cl)c1. The zero-order valence-electron chi connectivity index (χ0n) is 12.5. The summed E-state index contributed by atoms with van der Waals surface area (Å²) in [5, 5.41) is 13.8. The minimum Gasteiger partial charge on any atom is -0.452 e. The molecular weight excluding hydrogens is 373 g/mol. The fourth-order valence-electron chi connectivity index (χ4n) is 1.88. The molecule has 0 spiro atoms. The van der Waals surface area contributed by atoms with E-state index in [4.69, 9.17) is 33.7 Å². The van der Waals surface area contributed by atoms with Gasteiger partial charge in [0.05, 0.1) is 16.2 Å². The van der Waals surface area contributed by atoms with Crippen LogP contribution < -0.4 is 11.1 Å². The van der Waals surface area contributed by atoms with Gasteiger partial charge in [-0.25, -0.2) is 4.79 Å². The van der Waals surface area contributed by atoms with Gasteiger partial charge in [0.15, 0.2) is 6.61 Å². The highest BCUT2D eigenvalue weighted by Gasteiger charge is 2.16. The Hall–Kier alpha value is -2.84. The standard InChI is InChI=1S/C15H11Cl2N3O5/c16-8-3-9(17)5-10(4-8)19-14(21)7-25-15(22)12-2-1-11(20(23)24)6-13(12)18/h1-6H,7,18H2,(H,19,21). The van der Waals surface area contributed by atoms with E-state index in [1.165, 1.54) is 18.2 Å². The molecule has 0 unspecified atom stereocenters. The van der Waals surface area contributed by atoms with E-state index < -0.39 is 23.4 Å². The Morgan fingerprint density at radius 1 is 1.16 bits per heavy atom. The number of hydrogen-bond donors (Lipinski definition) is 2. The number of nitro groups is 1. The fraction of sp³-hybridized carbons (Fsp3) is 0.0667. The van der Waals surface area contributed by atoms with Crippen LogP contribution in [0.5, 0.6) is 0 Å². The highest BCUT2D eigenvalue weighted by atomic mass is 35.5. The van der Waals surface area contributed by atoms with E-state index in [1.807, 2.05) is 0 Å². The third kappa shape index (κ3) is 5.07. The number of hydrogen-bond acceptors (Lipinski definition) is 6. The maximum Gasteiger partial charge on any atom is 0.340 e. The van der Waals surface area contributed by atoms with Gasteiger partial charge in [0, 0.05) is 27.9 Å². The third-order valence-electron chi connectivity index (χ3n) is 2.95. The van der Waals surface area contributed by atoms with Gasteiger partial charge in [-0.15, -0.1) is 0 Å². The number of anilines is 2. The lowest BCUT2D eigenvalue weighted by atomic mass is 10.1. The molecule has 0 heterocycles. The first-order chi connectivity index (χ1) is 11.8. The molecular formula is C15H11Cl2N3O5. The van der Waals surface area contributed by atoms with Gasteiger partial charge >= 0.3 is 5.97 Å². The second-order valence-electron chi connectivity index (χ2n) is 4.81. The summed E-state index contributed by atoms with van der Waals surface area (Å²) in [5.41, 5.74) is 5.47. The summed E-state index contributed by atoms with van der Waals surface area (Å²) < 4.78 is 4.84. The van der Waals surface area contributed by atoms with E-state index in [9.17, 15) is 19.7 Å². The number of halogens is 2. The third-order valence-corrected chi connectivity index (χ3v) is 3.38. The summed E-state index contributed by atoms with van der Waals surface area (Å²) in [4.78, 5) is 33.7. The molecule has 130 valence electrons. The molecule has 8 nitrogen and oxygen atoms in total. The van der Waals surface area contributed by atoms with Crippen LogP contribution in [0.15, 0.2) is 36.4 Å². The van der Waals surface area contributed by atoms with Crippen LogP contribution in [0, 0.1) is 10.1 Å². The minimum atomic E-state index is -0.883. The topological polar surface area (TPSA) is 125 Å². The van der Waals surface area contributed by atoms with Gasteiger partial charge in [0.25, 0.3) is 11.6 Å². The Kier molecular flexibility index (Phi) is 5.79. The normalized spacial score (nSPS) is 10.2.